The maximum absolute atomic E-state index is 9.16. The second-order valence-corrected chi connectivity index (χ2v) is 6.01. The monoisotopic (exact) mass is 336 g/mol. The van der Waals surface area contributed by atoms with Crippen molar-refractivity contribution in [3.05, 3.63) is 107 Å². The molecule has 0 bridgehead atoms. The van der Waals surface area contributed by atoms with Crippen molar-refractivity contribution in [2.45, 2.75) is 6.92 Å². The summed E-state index contributed by atoms with van der Waals surface area (Å²) in [6.45, 7) is 2.08. The van der Waals surface area contributed by atoms with E-state index >= 15 is 0 Å². The lowest BCUT2D eigenvalue weighted by atomic mass is 10.1. The molecule has 3 rings (SSSR count). The number of nitrogens with one attached hydrogen (secondary N) is 1. The summed E-state index contributed by atoms with van der Waals surface area (Å²) in [5.41, 5.74) is 6.14. The van der Waals surface area contributed by atoms with Crippen LogP contribution in [0.15, 0.2) is 84.9 Å². The van der Waals surface area contributed by atoms with Crippen molar-refractivity contribution in [3.63, 3.8) is 0 Å². The Kier molecular flexibility index (Phi) is 5.65. The van der Waals surface area contributed by atoms with Gasteiger partial charge in [0.15, 0.2) is 0 Å². The third kappa shape index (κ3) is 4.49. The van der Waals surface area contributed by atoms with E-state index in [1.165, 1.54) is 5.56 Å². The van der Waals surface area contributed by atoms with Gasteiger partial charge in [-0.3, -0.25) is 0 Å². The molecule has 3 aromatic rings. The molecule has 0 aromatic heterocycles. The van der Waals surface area contributed by atoms with Crippen LogP contribution in [0.2, 0.25) is 0 Å². The lowest BCUT2D eigenvalue weighted by Gasteiger charge is -2.14. The van der Waals surface area contributed by atoms with E-state index in [-0.39, 0.29) is 0 Å². The Labute approximate surface area is 154 Å². The first-order valence-corrected chi connectivity index (χ1v) is 8.52. The number of allylic oxidation sites excluding steroid dienone is 1. The standard InChI is InChI=1S/C24H20N2/c1-19-12-15-23(22(18-19)14-13-20-8-4-2-5-9-20)26-24(16-17-25)21-10-6-3-7-11-21/h2-16,18,26H,1H3/b14-13+,24-16+. The van der Waals surface area contributed by atoms with E-state index in [0.717, 1.165) is 28.1 Å². The van der Waals surface area contributed by atoms with Crippen LogP contribution >= 0.6 is 0 Å². The lowest BCUT2D eigenvalue weighted by Crippen LogP contribution is -2.00. The van der Waals surface area contributed by atoms with Gasteiger partial charge in [0, 0.05) is 11.8 Å². The van der Waals surface area contributed by atoms with Gasteiger partial charge >= 0.3 is 0 Å². The Morgan fingerprint density at radius 3 is 2.27 bits per heavy atom. The van der Waals surface area contributed by atoms with Crippen LogP contribution in [0, 0.1) is 18.3 Å². The van der Waals surface area contributed by atoms with E-state index in [9.17, 15) is 0 Å². The molecule has 3 aromatic carbocycles. The summed E-state index contributed by atoms with van der Waals surface area (Å²) in [7, 11) is 0. The molecule has 0 fully saturated rings. The minimum atomic E-state index is 0.784. The highest BCUT2D eigenvalue weighted by molar-refractivity contribution is 5.84. The molecule has 126 valence electrons. The number of anilines is 1. The first-order valence-electron chi connectivity index (χ1n) is 8.52. The summed E-state index contributed by atoms with van der Waals surface area (Å²) < 4.78 is 0. The first-order chi connectivity index (χ1) is 12.8. The minimum absolute atomic E-state index is 0.784. The highest BCUT2D eigenvalue weighted by Gasteiger charge is 2.05. The Balaban J connectivity index is 1.94. The molecule has 26 heavy (non-hydrogen) atoms. The summed E-state index contributed by atoms with van der Waals surface area (Å²) in [6, 6.07) is 28.5. The highest BCUT2D eigenvalue weighted by Crippen LogP contribution is 2.25. The molecule has 0 atom stereocenters. The predicted octanol–water partition coefficient (Wildman–Crippen LogP) is 6.14. The van der Waals surface area contributed by atoms with Crippen molar-refractivity contribution in [3.8, 4) is 6.07 Å². The topological polar surface area (TPSA) is 35.8 Å². The van der Waals surface area contributed by atoms with Gasteiger partial charge in [0.25, 0.3) is 0 Å². The van der Waals surface area contributed by atoms with Gasteiger partial charge < -0.3 is 5.32 Å². The van der Waals surface area contributed by atoms with E-state index < -0.39 is 0 Å². The third-order valence-electron chi connectivity index (χ3n) is 4.03. The molecule has 0 heterocycles. The van der Waals surface area contributed by atoms with Crippen molar-refractivity contribution >= 4 is 23.5 Å². The smallest absolute Gasteiger partial charge is 0.0934 e. The number of hydrogen-bond donors (Lipinski definition) is 1. The van der Waals surface area contributed by atoms with Crippen LogP contribution in [0.4, 0.5) is 5.69 Å². The van der Waals surface area contributed by atoms with Crippen molar-refractivity contribution in [1.82, 2.24) is 0 Å². The number of rotatable bonds is 5. The fourth-order valence-corrected chi connectivity index (χ4v) is 2.70. The lowest BCUT2D eigenvalue weighted by molar-refractivity contribution is 1.44. The maximum Gasteiger partial charge on any atom is 0.0934 e. The average Bonchev–Trinajstić information content (AvgIpc) is 2.69. The number of aryl methyl sites for hydroxylation is 1. The molecule has 0 saturated heterocycles. The molecule has 0 aliphatic heterocycles. The summed E-state index contributed by atoms with van der Waals surface area (Å²) in [5.74, 6) is 0. The molecule has 0 amide bonds. The largest absolute Gasteiger partial charge is 0.354 e. The number of nitriles is 1. The van der Waals surface area contributed by atoms with E-state index in [0.29, 0.717) is 0 Å². The van der Waals surface area contributed by atoms with Gasteiger partial charge in [-0.05, 0) is 35.7 Å². The van der Waals surface area contributed by atoms with Crippen molar-refractivity contribution in [2.75, 3.05) is 5.32 Å². The predicted molar refractivity (Wildman–Crippen MR) is 110 cm³/mol. The first kappa shape index (κ1) is 17.3. The number of hydrogen-bond acceptors (Lipinski definition) is 2. The van der Waals surface area contributed by atoms with Crippen molar-refractivity contribution < 1.29 is 0 Å². The molecule has 1 N–H and O–H groups in total. The Bertz CT molecular complexity index is 962. The highest BCUT2D eigenvalue weighted by atomic mass is 14.9. The molecular formula is C24H20N2. The van der Waals surface area contributed by atoms with Gasteiger partial charge in [-0.1, -0.05) is 84.4 Å². The van der Waals surface area contributed by atoms with Gasteiger partial charge in [0.1, 0.15) is 0 Å². The van der Waals surface area contributed by atoms with E-state index in [2.05, 4.69) is 54.7 Å². The van der Waals surface area contributed by atoms with Crippen LogP contribution in [0.25, 0.3) is 17.8 Å². The fourth-order valence-electron chi connectivity index (χ4n) is 2.70. The molecule has 0 spiro atoms. The van der Waals surface area contributed by atoms with E-state index in [1.54, 1.807) is 6.08 Å². The third-order valence-corrected chi connectivity index (χ3v) is 4.03. The normalized spacial score (nSPS) is 11.3. The van der Waals surface area contributed by atoms with Crippen LogP contribution in [-0.4, -0.2) is 0 Å². The zero-order chi connectivity index (χ0) is 18.2. The van der Waals surface area contributed by atoms with Crippen LogP contribution in [0.5, 0.6) is 0 Å². The molecule has 0 saturated carbocycles. The van der Waals surface area contributed by atoms with E-state index in [1.807, 2.05) is 54.6 Å². The van der Waals surface area contributed by atoms with Crippen molar-refractivity contribution in [2.24, 2.45) is 0 Å². The van der Waals surface area contributed by atoms with Gasteiger partial charge in [-0.25, -0.2) is 0 Å². The molecule has 0 aliphatic carbocycles. The summed E-state index contributed by atoms with van der Waals surface area (Å²) in [6.07, 6.45) is 5.73. The van der Waals surface area contributed by atoms with Crippen LogP contribution in [-0.2, 0) is 0 Å². The quantitative estimate of drug-likeness (QED) is 0.448. The second kappa shape index (κ2) is 8.50. The van der Waals surface area contributed by atoms with Gasteiger partial charge in [-0.2, -0.15) is 5.26 Å². The molecular weight excluding hydrogens is 316 g/mol. The van der Waals surface area contributed by atoms with Gasteiger partial charge in [0.05, 0.1) is 11.8 Å². The SMILES string of the molecule is Cc1ccc(N/C(=C/C#N)c2ccccc2)c(/C=C/c2ccccc2)c1. The molecule has 0 aliphatic rings. The molecule has 0 radical (unpaired) electrons. The maximum atomic E-state index is 9.16. The Morgan fingerprint density at radius 2 is 1.58 bits per heavy atom. The van der Waals surface area contributed by atoms with E-state index in [4.69, 9.17) is 5.26 Å². The Morgan fingerprint density at radius 1 is 0.885 bits per heavy atom. The van der Waals surface area contributed by atoms with Gasteiger partial charge in [0.2, 0.25) is 0 Å². The Hall–Kier alpha value is -3.57. The zero-order valence-electron chi connectivity index (χ0n) is 14.7. The fraction of sp³-hybridized carbons (Fsp3) is 0.0417. The second-order valence-electron chi connectivity index (χ2n) is 6.01. The molecule has 0 unspecified atom stereocenters. The van der Waals surface area contributed by atoms with Crippen LogP contribution < -0.4 is 5.32 Å². The zero-order valence-corrected chi connectivity index (χ0v) is 14.7. The van der Waals surface area contributed by atoms with Crippen molar-refractivity contribution in [1.29, 1.82) is 5.26 Å². The summed E-state index contributed by atoms with van der Waals surface area (Å²) in [5, 5.41) is 12.6. The van der Waals surface area contributed by atoms with Crippen LogP contribution in [0.3, 0.4) is 0 Å². The average molecular weight is 336 g/mol. The number of nitrogens with zero attached hydrogens (tertiary/aromatic N) is 1. The van der Waals surface area contributed by atoms with Crippen LogP contribution in [0.1, 0.15) is 22.3 Å². The molecule has 2 heteroatoms. The minimum Gasteiger partial charge on any atom is -0.354 e. The number of benzene rings is 3. The summed E-state index contributed by atoms with van der Waals surface area (Å²) in [4.78, 5) is 0. The molecule has 2 nitrogen and oxygen atoms in total. The van der Waals surface area contributed by atoms with Gasteiger partial charge in [-0.15, -0.1) is 0 Å². The summed E-state index contributed by atoms with van der Waals surface area (Å²) >= 11 is 0.